The molecule has 0 saturated heterocycles. The molecule has 0 atom stereocenters. The summed E-state index contributed by atoms with van der Waals surface area (Å²) in [6.07, 6.45) is 0. The standard InChI is InChI=1S/C12H8ClNO/c13-11-8-4-7-10(14-11)12(15)9-5-2-1-3-6-9/h1-8H. The minimum Gasteiger partial charge on any atom is -0.287 e. The lowest BCUT2D eigenvalue weighted by Gasteiger charge is -1.99. The molecular weight excluding hydrogens is 210 g/mol. The zero-order valence-corrected chi connectivity index (χ0v) is 8.61. The van der Waals surface area contributed by atoms with Crippen LogP contribution in [0.1, 0.15) is 16.1 Å². The maximum absolute atomic E-state index is 11.9. The van der Waals surface area contributed by atoms with E-state index in [2.05, 4.69) is 4.98 Å². The van der Waals surface area contributed by atoms with E-state index in [1.165, 1.54) is 0 Å². The summed E-state index contributed by atoms with van der Waals surface area (Å²) in [5, 5.41) is 0.330. The fraction of sp³-hybridized carbons (Fsp3) is 0. The Kier molecular flexibility index (Phi) is 2.79. The van der Waals surface area contributed by atoms with Crippen molar-refractivity contribution in [3.63, 3.8) is 0 Å². The summed E-state index contributed by atoms with van der Waals surface area (Å²) in [4.78, 5) is 15.8. The van der Waals surface area contributed by atoms with Gasteiger partial charge in [-0.05, 0) is 12.1 Å². The molecule has 1 aromatic carbocycles. The maximum atomic E-state index is 11.9. The average molecular weight is 218 g/mol. The number of halogens is 1. The van der Waals surface area contributed by atoms with Crippen LogP contribution in [0, 0.1) is 0 Å². The summed E-state index contributed by atoms with van der Waals surface area (Å²) in [7, 11) is 0. The number of carbonyl (C=O) groups excluding carboxylic acids is 1. The van der Waals surface area contributed by atoms with E-state index in [1.807, 2.05) is 18.2 Å². The van der Waals surface area contributed by atoms with E-state index in [1.54, 1.807) is 30.3 Å². The molecule has 0 N–H and O–H groups in total. The monoisotopic (exact) mass is 217 g/mol. The van der Waals surface area contributed by atoms with Crippen LogP contribution in [0.5, 0.6) is 0 Å². The Bertz CT molecular complexity index is 482. The average Bonchev–Trinajstić information content (AvgIpc) is 2.29. The maximum Gasteiger partial charge on any atom is 0.211 e. The van der Waals surface area contributed by atoms with Gasteiger partial charge in [0.15, 0.2) is 0 Å². The molecule has 1 aromatic heterocycles. The van der Waals surface area contributed by atoms with Crippen molar-refractivity contribution >= 4 is 17.4 Å². The van der Waals surface area contributed by atoms with Gasteiger partial charge in [0.25, 0.3) is 0 Å². The first-order chi connectivity index (χ1) is 7.27. The van der Waals surface area contributed by atoms with Crippen LogP contribution in [0.25, 0.3) is 0 Å². The summed E-state index contributed by atoms with van der Waals surface area (Å²) in [5.41, 5.74) is 0.987. The number of carbonyl (C=O) groups is 1. The third kappa shape index (κ3) is 2.22. The zero-order chi connectivity index (χ0) is 10.7. The van der Waals surface area contributed by atoms with Crippen LogP contribution < -0.4 is 0 Å². The van der Waals surface area contributed by atoms with Crippen molar-refractivity contribution < 1.29 is 4.79 Å². The highest BCUT2D eigenvalue weighted by atomic mass is 35.5. The van der Waals surface area contributed by atoms with Crippen molar-refractivity contribution in [2.75, 3.05) is 0 Å². The molecule has 0 aliphatic heterocycles. The Balaban J connectivity index is 2.37. The number of hydrogen-bond donors (Lipinski definition) is 0. The molecule has 0 fully saturated rings. The van der Waals surface area contributed by atoms with Gasteiger partial charge >= 0.3 is 0 Å². The Morgan fingerprint density at radius 2 is 1.73 bits per heavy atom. The number of hydrogen-bond acceptors (Lipinski definition) is 2. The van der Waals surface area contributed by atoms with Crippen molar-refractivity contribution in [2.45, 2.75) is 0 Å². The van der Waals surface area contributed by atoms with Crippen molar-refractivity contribution in [1.29, 1.82) is 0 Å². The zero-order valence-electron chi connectivity index (χ0n) is 7.85. The molecule has 0 amide bonds. The third-order valence-electron chi connectivity index (χ3n) is 1.98. The van der Waals surface area contributed by atoms with Gasteiger partial charge in [-0.2, -0.15) is 0 Å². The molecule has 2 aromatic rings. The Hall–Kier alpha value is -1.67. The Labute approximate surface area is 92.5 Å². The first-order valence-electron chi connectivity index (χ1n) is 4.50. The molecule has 0 saturated carbocycles. The molecule has 15 heavy (non-hydrogen) atoms. The number of aromatic nitrogens is 1. The number of rotatable bonds is 2. The molecule has 74 valence electrons. The fourth-order valence-electron chi connectivity index (χ4n) is 1.27. The predicted molar refractivity (Wildman–Crippen MR) is 59.1 cm³/mol. The fourth-order valence-corrected chi connectivity index (χ4v) is 1.44. The Morgan fingerprint density at radius 3 is 2.40 bits per heavy atom. The van der Waals surface area contributed by atoms with Gasteiger partial charge in [0.2, 0.25) is 5.78 Å². The lowest BCUT2D eigenvalue weighted by atomic mass is 10.1. The highest BCUT2D eigenvalue weighted by molar-refractivity contribution is 6.29. The van der Waals surface area contributed by atoms with Crippen molar-refractivity contribution in [3.8, 4) is 0 Å². The second kappa shape index (κ2) is 4.24. The van der Waals surface area contributed by atoms with Crippen LogP contribution in [0.2, 0.25) is 5.15 Å². The van der Waals surface area contributed by atoms with Gasteiger partial charge in [0, 0.05) is 5.56 Å². The van der Waals surface area contributed by atoms with Gasteiger partial charge in [0.1, 0.15) is 10.8 Å². The number of pyridine rings is 1. The van der Waals surface area contributed by atoms with Crippen LogP contribution in [0.4, 0.5) is 0 Å². The summed E-state index contributed by atoms with van der Waals surface area (Å²) in [6, 6.07) is 14.0. The predicted octanol–water partition coefficient (Wildman–Crippen LogP) is 2.97. The van der Waals surface area contributed by atoms with Crippen LogP contribution in [0.3, 0.4) is 0 Å². The molecule has 2 rings (SSSR count). The van der Waals surface area contributed by atoms with Gasteiger partial charge in [-0.15, -0.1) is 0 Å². The minimum absolute atomic E-state index is 0.113. The summed E-state index contributed by atoms with van der Waals surface area (Å²) >= 11 is 5.71. The molecule has 0 spiro atoms. The van der Waals surface area contributed by atoms with Crippen molar-refractivity contribution in [3.05, 3.63) is 64.9 Å². The number of nitrogens with zero attached hydrogens (tertiary/aromatic N) is 1. The van der Waals surface area contributed by atoms with E-state index in [9.17, 15) is 4.79 Å². The first kappa shape index (κ1) is 9.87. The second-order valence-electron chi connectivity index (χ2n) is 3.04. The van der Waals surface area contributed by atoms with E-state index >= 15 is 0 Å². The summed E-state index contributed by atoms with van der Waals surface area (Å²) in [5.74, 6) is -0.113. The molecule has 0 radical (unpaired) electrons. The quantitative estimate of drug-likeness (QED) is 0.572. The number of benzene rings is 1. The summed E-state index contributed by atoms with van der Waals surface area (Å²) in [6.45, 7) is 0. The molecule has 1 heterocycles. The van der Waals surface area contributed by atoms with E-state index in [-0.39, 0.29) is 5.78 Å². The van der Waals surface area contributed by atoms with Crippen LogP contribution >= 0.6 is 11.6 Å². The molecule has 0 unspecified atom stereocenters. The third-order valence-corrected chi connectivity index (χ3v) is 2.19. The molecule has 0 aliphatic carbocycles. The Morgan fingerprint density at radius 1 is 1.00 bits per heavy atom. The van der Waals surface area contributed by atoms with E-state index in [0.717, 1.165) is 0 Å². The topological polar surface area (TPSA) is 30.0 Å². The largest absolute Gasteiger partial charge is 0.287 e. The molecular formula is C12H8ClNO. The minimum atomic E-state index is -0.113. The second-order valence-corrected chi connectivity index (χ2v) is 3.43. The smallest absolute Gasteiger partial charge is 0.211 e. The van der Waals surface area contributed by atoms with Gasteiger partial charge in [-0.3, -0.25) is 4.79 Å². The normalized spacial score (nSPS) is 9.93. The van der Waals surface area contributed by atoms with E-state index < -0.39 is 0 Å². The lowest BCUT2D eigenvalue weighted by molar-refractivity contribution is 0.103. The molecule has 2 nitrogen and oxygen atoms in total. The van der Waals surface area contributed by atoms with Crippen LogP contribution in [-0.4, -0.2) is 10.8 Å². The van der Waals surface area contributed by atoms with Crippen molar-refractivity contribution in [2.24, 2.45) is 0 Å². The van der Waals surface area contributed by atoms with Gasteiger partial charge in [0.05, 0.1) is 0 Å². The van der Waals surface area contributed by atoms with Crippen molar-refractivity contribution in [1.82, 2.24) is 4.98 Å². The first-order valence-corrected chi connectivity index (χ1v) is 4.87. The van der Waals surface area contributed by atoms with Gasteiger partial charge in [-0.1, -0.05) is 48.0 Å². The van der Waals surface area contributed by atoms with E-state index in [4.69, 9.17) is 11.6 Å². The molecule has 0 bridgehead atoms. The van der Waals surface area contributed by atoms with Gasteiger partial charge < -0.3 is 0 Å². The van der Waals surface area contributed by atoms with Gasteiger partial charge in [-0.25, -0.2) is 4.98 Å². The van der Waals surface area contributed by atoms with Crippen LogP contribution in [0.15, 0.2) is 48.5 Å². The van der Waals surface area contributed by atoms with Crippen LogP contribution in [-0.2, 0) is 0 Å². The van der Waals surface area contributed by atoms with E-state index in [0.29, 0.717) is 16.4 Å². The molecule has 0 aliphatic rings. The molecule has 3 heteroatoms. The highest BCUT2D eigenvalue weighted by Crippen LogP contribution is 2.10. The SMILES string of the molecule is O=C(c1ccccc1)c1cccc(Cl)n1. The lowest BCUT2D eigenvalue weighted by Crippen LogP contribution is -2.03. The summed E-state index contributed by atoms with van der Waals surface area (Å²) < 4.78 is 0. The number of ketones is 1. The highest BCUT2D eigenvalue weighted by Gasteiger charge is 2.09.